The fourth-order valence-electron chi connectivity index (χ4n) is 2.54. The van der Waals surface area contributed by atoms with Gasteiger partial charge in [-0.2, -0.15) is 5.10 Å². The Bertz CT molecular complexity index is 879. The molecular weight excluding hydrogens is 296 g/mol. The van der Waals surface area contributed by atoms with Crippen LogP contribution in [0.2, 0.25) is 0 Å². The molecule has 2 heterocycles. The molecule has 0 saturated carbocycles. The average molecular weight is 314 g/mol. The number of nitrogens with one attached hydrogen (secondary N) is 1. The Morgan fingerprint density at radius 2 is 1.83 bits per heavy atom. The zero-order valence-corrected chi connectivity index (χ0v) is 13.5. The Balaban J connectivity index is 2.00. The maximum atomic E-state index is 12.5. The van der Waals surface area contributed by atoms with Crippen molar-refractivity contribution in [3.8, 4) is 11.5 Å². The van der Waals surface area contributed by atoms with Crippen molar-refractivity contribution in [2.75, 3.05) is 19.5 Å². The quantitative estimate of drug-likeness (QED) is 0.801. The van der Waals surface area contributed by atoms with Gasteiger partial charge in [0.1, 0.15) is 5.69 Å². The third-order valence-electron chi connectivity index (χ3n) is 3.74. The maximum absolute atomic E-state index is 12.5. The van der Waals surface area contributed by atoms with Crippen molar-refractivity contribution < 1.29 is 14.3 Å². The molecule has 0 atom stereocenters. The lowest BCUT2D eigenvalue weighted by Crippen LogP contribution is -2.16. The van der Waals surface area contributed by atoms with E-state index < -0.39 is 0 Å². The molecule has 0 saturated heterocycles. The molecule has 1 amide bonds. The van der Waals surface area contributed by atoms with Gasteiger partial charge < -0.3 is 19.4 Å². The van der Waals surface area contributed by atoms with Gasteiger partial charge in [0.05, 0.1) is 19.7 Å². The van der Waals surface area contributed by atoms with Gasteiger partial charge in [-0.3, -0.25) is 9.48 Å². The molecule has 1 N–H and O–H groups in total. The lowest BCUT2D eigenvalue weighted by Gasteiger charge is -2.08. The molecule has 0 aliphatic carbocycles. The number of amides is 1. The molecule has 0 aliphatic rings. The number of aromatic nitrogens is 3. The smallest absolute Gasteiger partial charge is 0.273 e. The van der Waals surface area contributed by atoms with Crippen molar-refractivity contribution >= 4 is 22.6 Å². The van der Waals surface area contributed by atoms with Crippen LogP contribution in [0, 0.1) is 0 Å². The highest BCUT2D eigenvalue weighted by molar-refractivity contribution is 6.06. The topological polar surface area (TPSA) is 70.3 Å². The zero-order chi connectivity index (χ0) is 16.6. The van der Waals surface area contributed by atoms with Crippen LogP contribution in [0.25, 0.3) is 10.9 Å². The van der Waals surface area contributed by atoms with Crippen LogP contribution in [0.15, 0.2) is 30.5 Å². The number of fused-ring (bicyclic) bond motifs is 1. The molecule has 1 aromatic carbocycles. The molecule has 0 spiro atoms. The third kappa shape index (κ3) is 2.61. The van der Waals surface area contributed by atoms with Gasteiger partial charge in [-0.05, 0) is 12.1 Å². The van der Waals surface area contributed by atoms with Crippen LogP contribution in [0.5, 0.6) is 11.5 Å². The van der Waals surface area contributed by atoms with Crippen LogP contribution in [0.4, 0.5) is 5.82 Å². The number of carbonyl (C=O) groups excluding carboxylic acids is 1. The van der Waals surface area contributed by atoms with E-state index in [-0.39, 0.29) is 5.91 Å². The van der Waals surface area contributed by atoms with Crippen LogP contribution < -0.4 is 14.8 Å². The van der Waals surface area contributed by atoms with Gasteiger partial charge in [-0.25, -0.2) is 0 Å². The minimum atomic E-state index is -0.222. The molecule has 0 aliphatic heterocycles. The summed E-state index contributed by atoms with van der Waals surface area (Å²) >= 11 is 0. The summed E-state index contributed by atoms with van der Waals surface area (Å²) in [7, 11) is 6.80. The largest absolute Gasteiger partial charge is 0.493 e. The van der Waals surface area contributed by atoms with Crippen LogP contribution in [0.1, 0.15) is 10.5 Å². The van der Waals surface area contributed by atoms with Gasteiger partial charge in [-0.15, -0.1) is 0 Å². The Kier molecular flexibility index (Phi) is 3.69. The van der Waals surface area contributed by atoms with E-state index in [4.69, 9.17) is 9.47 Å². The number of aryl methyl sites for hydroxylation is 2. The second-order valence-electron chi connectivity index (χ2n) is 5.18. The highest BCUT2D eigenvalue weighted by Crippen LogP contribution is 2.33. The summed E-state index contributed by atoms with van der Waals surface area (Å²) in [6.07, 6.45) is 1.77. The molecule has 7 nitrogen and oxygen atoms in total. The number of nitrogens with zero attached hydrogens (tertiary/aromatic N) is 3. The maximum Gasteiger partial charge on any atom is 0.273 e. The molecule has 23 heavy (non-hydrogen) atoms. The van der Waals surface area contributed by atoms with Gasteiger partial charge in [0.2, 0.25) is 0 Å². The fraction of sp³-hybridized carbons (Fsp3) is 0.250. The van der Waals surface area contributed by atoms with Crippen molar-refractivity contribution in [2.45, 2.75) is 0 Å². The van der Waals surface area contributed by atoms with Gasteiger partial charge in [0.25, 0.3) is 5.91 Å². The van der Waals surface area contributed by atoms with Crippen molar-refractivity contribution in [1.82, 2.24) is 14.3 Å². The fourth-order valence-corrected chi connectivity index (χ4v) is 2.54. The number of carbonyl (C=O) groups is 1. The number of hydrogen-bond acceptors (Lipinski definition) is 4. The SMILES string of the molecule is COc1cc2cc(C(=O)Nc3ccn(C)n3)n(C)c2cc1OC. The van der Waals surface area contributed by atoms with Crippen molar-refractivity contribution in [2.24, 2.45) is 14.1 Å². The highest BCUT2D eigenvalue weighted by Gasteiger charge is 2.17. The van der Waals surface area contributed by atoms with E-state index in [0.29, 0.717) is 23.0 Å². The molecular formula is C16H18N4O3. The molecule has 120 valence electrons. The normalized spacial score (nSPS) is 10.8. The predicted octanol–water partition coefficient (Wildman–Crippen LogP) is 2.18. The summed E-state index contributed by atoms with van der Waals surface area (Å²) < 4.78 is 14.1. The van der Waals surface area contributed by atoms with Gasteiger partial charge >= 0.3 is 0 Å². The van der Waals surface area contributed by atoms with Crippen molar-refractivity contribution in [3.05, 3.63) is 36.2 Å². The lowest BCUT2D eigenvalue weighted by atomic mass is 10.2. The summed E-state index contributed by atoms with van der Waals surface area (Å²) in [4.78, 5) is 12.5. The molecule has 0 fully saturated rings. The van der Waals surface area contributed by atoms with E-state index in [9.17, 15) is 4.79 Å². The Morgan fingerprint density at radius 1 is 1.13 bits per heavy atom. The van der Waals surface area contributed by atoms with Crippen LogP contribution >= 0.6 is 0 Å². The van der Waals surface area contributed by atoms with Gasteiger partial charge in [-0.1, -0.05) is 0 Å². The zero-order valence-electron chi connectivity index (χ0n) is 13.5. The van der Waals surface area contributed by atoms with E-state index in [1.165, 1.54) is 0 Å². The summed E-state index contributed by atoms with van der Waals surface area (Å²) in [5.41, 5.74) is 1.41. The molecule has 2 aromatic heterocycles. The number of ether oxygens (including phenoxy) is 2. The van der Waals surface area contributed by atoms with E-state index in [1.807, 2.05) is 29.8 Å². The van der Waals surface area contributed by atoms with Crippen LogP contribution in [0.3, 0.4) is 0 Å². The van der Waals surface area contributed by atoms with E-state index in [1.54, 1.807) is 38.2 Å². The minimum Gasteiger partial charge on any atom is -0.493 e. The monoisotopic (exact) mass is 314 g/mol. The van der Waals surface area contributed by atoms with Crippen molar-refractivity contribution in [1.29, 1.82) is 0 Å². The average Bonchev–Trinajstić information content (AvgIpc) is 3.09. The van der Waals surface area contributed by atoms with Crippen LogP contribution in [-0.4, -0.2) is 34.5 Å². The molecule has 3 rings (SSSR count). The predicted molar refractivity (Wildman–Crippen MR) is 87.2 cm³/mol. The van der Waals surface area contributed by atoms with E-state index in [0.717, 1.165) is 10.9 Å². The first-order chi connectivity index (χ1) is 11.0. The molecule has 0 bridgehead atoms. The number of methoxy groups -OCH3 is 2. The Labute approximate surface area is 133 Å². The van der Waals surface area contributed by atoms with Crippen LogP contribution in [-0.2, 0) is 14.1 Å². The number of hydrogen-bond donors (Lipinski definition) is 1. The first-order valence-corrected chi connectivity index (χ1v) is 7.06. The molecule has 0 unspecified atom stereocenters. The number of benzene rings is 1. The van der Waals surface area contributed by atoms with Gasteiger partial charge in [0.15, 0.2) is 17.3 Å². The first kappa shape index (κ1) is 15.0. The second kappa shape index (κ2) is 5.68. The molecule has 0 radical (unpaired) electrons. The van der Waals surface area contributed by atoms with Gasteiger partial charge in [0, 0.05) is 37.8 Å². The standard InChI is InChI=1S/C16H18N4O3/c1-19-6-5-15(18-19)17-16(21)12-7-10-8-13(22-3)14(23-4)9-11(10)20(12)2/h5-9H,1-4H3,(H,17,18,21). The Hall–Kier alpha value is -2.96. The highest BCUT2D eigenvalue weighted by atomic mass is 16.5. The lowest BCUT2D eigenvalue weighted by molar-refractivity contribution is 0.101. The number of rotatable bonds is 4. The molecule has 7 heteroatoms. The number of anilines is 1. The van der Waals surface area contributed by atoms with Crippen molar-refractivity contribution in [3.63, 3.8) is 0 Å². The molecule has 3 aromatic rings. The minimum absolute atomic E-state index is 0.222. The Morgan fingerprint density at radius 3 is 2.43 bits per heavy atom. The third-order valence-corrected chi connectivity index (χ3v) is 3.74. The summed E-state index contributed by atoms with van der Waals surface area (Å²) in [6, 6.07) is 7.26. The summed E-state index contributed by atoms with van der Waals surface area (Å²) in [5, 5.41) is 7.83. The first-order valence-electron chi connectivity index (χ1n) is 7.06. The summed E-state index contributed by atoms with van der Waals surface area (Å²) in [6.45, 7) is 0. The second-order valence-corrected chi connectivity index (χ2v) is 5.18. The van der Waals surface area contributed by atoms with E-state index >= 15 is 0 Å². The summed E-state index contributed by atoms with van der Waals surface area (Å²) in [5.74, 6) is 1.54. The van der Waals surface area contributed by atoms with E-state index in [2.05, 4.69) is 10.4 Å².